The van der Waals surface area contributed by atoms with Crippen molar-refractivity contribution in [3.05, 3.63) is 35.4 Å². The summed E-state index contributed by atoms with van der Waals surface area (Å²) in [6, 6.07) is 5.35. The van der Waals surface area contributed by atoms with Crippen molar-refractivity contribution >= 4 is 22.4 Å². The summed E-state index contributed by atoms with van der Waals surface area (Å²) in [5.74, 6) is -0.147. The van der Waals surface area contributed by atoms with E-state index in [9.17, 15) is 21.6 Å². The number of alkyl halides is 3. The Kier molecular flexibility index (Phi) is 6.98. The van der Waals surface area contributed by atoms with Crippen molar-refractivity contribution in [2.45, 2.75) is 43.7 Å². The molecule has 1 N–H and O–H groups in total. The van der Waals surface area contributed by atoms with E-state index in [1.54, 1.807) is 0 Å². The minimum Gasteiger partial charge on any atom is -0.314 e. The summed E-state index contributed by atoms with van der Waals surface area (Å²) in [6.45, 7) is 1.79. The Hall–Kier alpha value is -0.830. The number of nitrogens with one attached hydrogen (secondary N) is 1. The fraction of sp³-hybridized carbons (Fsp3) is 0.647. The molecule has 0 spiro atoms. The Morgan fingerprint density at radius 3 is 2.35 bits per heavy atom. The first-order valence-electron chi connectivity index (χ1n) is 8.64. The molecule has 2 fully saturated rings. The van der Waals surface area contributed by atoms with Crippen LogP contribution in [0, 0.1) is 5.92 Å². The molecular formula is C17H24ClF3N2O2S. The Balaban J connectivity index is 0.00000243. The van der Waals surface area contributed by atoms with Gasteiger partial charge in [0.1, 0.15) is 0 Å². The molecule has 0 radical (unpaired) electrons. The first-order valence-corrected chi connectivity index (χ1v) is 10.2. The van der Waals surface area contributed by atoms with Gasteiger partial charge < -0.3 is 5.32 Å². The third-order valence-corrected chi connectivity index (χ3v) is 7.05. The molecule has 4 nitrogen and oxygen atoms in total. The highest BCUT2D eigenvalue weighted by Gasteiger charge is 2.36. The van der Waals surface area contributed by atoms with Crippen LogP contribution in [0.3, 0.4) is 0 Å². The lowest BCUT2D eigenvalue weighted by atomic mass is 9.89. The zero-order valence-electron chi connectivity index (χ0n) is 14.3. The van der Waals surface area contributed by atoms with Crippen molar-refractivity contribution in [3.8, 4) is 0 Å². The first kappa shape index (κ1) is 21.5. The molecule has 1 atom stereocenters. The number of halogens is 4. The van der Waals surface area contributed by atoms with Crippen molar-refractivity contribution in [2.24, 2.45) is 5.92 Å². The molecule has 2 saturated heterocycles. The van der Waals surface area contributed by atoms with Gasteiger partial charge in [0.05, 0.1) is 11.3 Å². The van der Waals surface area contributed by atoms with Gasteiger partial charge in [-0.05, 0) is 49.8 Å². The largest absolute Gasteiger partial charge is 0.416 e. The van der Waals surface area contributed by atoms with Crippen LogP contribution in [-0.4, -0.2) is 38.4 Å². The normalized spacial score (nSPS) is 23.0. The molecule has 1 aromatic rings. The van der Waals surface area contributed by atoms with E-state index >= 15 is 0 Å². The van der Waals surface area contributed by atoms with E-state index in [2.05, 4.69) is 5.32 Å². The van der Waals surface area contributed by atoms with Crippen LogP contribution in [0.25, 0.3) is 0 Å². The molecule has 0 aliphatic carbocycles. The first-order chi connectivity index (χ1) is 11.8. The number of nitrogens with zero attached hydrogens (tertiary/aromatic N) is 1. The number of piperidine rings is 1. The third-order valence-electron chi connectivity index (χ3n) is 5.22. The topological polar surface area (TPSA) is 49.4 Å². The van der Waals surface area contributed by atoms with Gasteiger partial charge in [-0.25, -0.2) is 12.7 Å². The average Bonchev–Trinajstić information content (AvgIpc) is 3.08. The summed E-state index contributed by atoms with van der Waals surface area (Å²) >= 11 is 0. The molecule has 1 aromatic carbocycles. The second-order valence-electron chi connectivity index (χ2n) is 6.85. The van der Waals surface area contributed by atoms with E-state index in [4.69, 9.17) is 0 Å². The van der Waals surface area contributed by atoms with Gasteiger partial charge in [0, 0.05) is 19.1 Å². The molecule has 0 amide bonds. The van der Waals surface area contributed by atoms with Gasteiger partial charge in [-0.15, -0.1) is 12.4 Å². The maximum Gasteiger partial charge on any atom is 0.416 e. The van der Waals surface area contributed by atoms with E-state index in [1.165, 1.54) is 22.5 Å². The second kappa shape index (κ2) is 8.46. The summed E-state index contributed by atoms with van der Waals surface area (Å²) in [4.78, 5) is 0. The summed E-state index contributed by atoms with van der Waals surface area (Å²) < 4.78 is 65.8. The lowest BCUT2D eigenvalue weighted by Crippen LogP contribution is -2.43. The number of hydrogen-bond acceptors (Lipinski definition) is 3. The monoisotopic (exact) mass is 412 g/mol. The van der Waals surface area contributed by atoms with Gasteiger partial charge in [-0.2, -0.15) is 13.2 Å². The van der Waals surface area contributed by atoms with E-state index in [1.807, 2.05) is 0 Å². The van der Waals surface area contributed by atoms with Gasteiger partial charge >= 0.3 is 6.18 Å². The SMILES string of the molecule is Cl.O=S(=O)(Cc1ccccc1C(F)(F)F)N1CCC(C2CCCN2)CC1. The van der Waals surface area contributed by atoms with Crippen molar-refractivity contribution in [3.63, 3.8) is 0 Å². The van der Waals surface area contributed by atoms with Gasteiger partial charge in [-0.1, -0.05) is 18.2 Å². The summed E-state index contributed by atoms with van der Waals surface area (Å²) in [5.41, 5.74) is -1.06. The van der Waals surface area contributed by atoms with E-state index in [0.29, 0.717) is 25.0 Å². The molecule has 3 rings (SSSR count). The Morgan fingerprint density at radius 1 is 1.12 bits per heavy atom. The van der Waals surface area contributed by atoms with E-state index in [-0.39, 0.29) is 18.0 Å². The lowest BCUT2D eigenvalue weighted by molar-refractivity contribution is -0.138. The lowest BCUT2D eigenvalue weighted by Gasteiger charge is -2.34. The highest BCUT2D eigenvalue weighted by Crippen LogP contribution is 2.33. The Bertz CT molecular complexity index is 698. The van der Waals surface area contributed by atoms with E-state index < -0.39 is 27.5 Å². The predicted molar refractivity (Wildman–Crippen MR) is 96.6 cm³/mol. The number of hydrogen-bond donors (Lipinski definition) is 1. The molecular weight excluding hydrogens is 389 g/mol. The second-order valence-corrected chi connectivity index (χ2v) is 8.82. The van der Waals surface area contributed by atoms with Crippen LogP contribution >= 0.6 is 12.4 Å². The molecule has 0 aromatic heterocycles. The third kappa shape index (κ3) is 4.91. The van der Waals surface area contributed by atoms with Gasteiger partial charge in [0.25, 0.3) is 0 Å². The van der Waals surface area contributed by atoms with Gasteiger partial charge in [-0.3, -0.25) is 0 Å². The molecule has 26 heavy (non-hydrogen) atoms. The van der Waals surface area contributed by atoms with Crippen molar-refractivity contribution in [1.29, 1.82) is 0 Å². The standard InChI is InChI=1S/C17H23F3N2O2S.ClH/c18-17(19,20)15-5-2-1-4-14(15)12-25(23,24)22-10-7-13(8-11-22)16-6-3-9-21-16;/h1-2,4-5,13,16,21H,3,6-12H2;1H. The quantitative estimate of drug-likeness (QED) is 0.824. The molecule has 1 unspecified atom stereocenters. The highest BCUT2D eigenvalue weighted by molar-refractivity contribution is 7.88. The van der Waals surface area contributed by atoms with Crippen LogP contribution in [0.4, 0.5) is 13.2 Å². The van der Waals surface area contributed by atoms with Crippen LogP contribution in [0.5, 0.6) is 0 Å². The van der Waals surface area contributed by atoms with Crippen LogP contribution in [0.2, 0.25) is 0 Å². The van der Waals surface area contributed by atoms with Gasteiger partial charge in [0.15, 0.2) is 0 Å². The fourth-order valence-electron chi connectivity index (χ4n) is 3.88. The minimum atomic E-state index is -4.55. The van der Waals surface area contributed by atoms with Gasteiger partial charge in [0.2, 0.25) is 10.0 Å². The van der Waals surface area contributed by atoms with Crippen molar-refractivity contribution in [2.75, 3.05) is 19.6 Å². The predicted octanol–water partition coefficient (Wildman–Crippen LogP) is 3.42. The minimum absolute atomic E-state index is 0. The fourth-order valence-corrected chi connectivity index (χ4v) is 5.48. The molecule has 0 bridgehead atoms. The van der Waals surface area contributed by atoms with Crippen LogP contribution in [0.1, 0.15) is 36.8 Å². The maximum absolute atomic E-state index is 13.1. The number of sulfonamides is 1. The van der Waals surface area contributed by atoms with Crippen LogP contribution < -0.4 is 5.32 Å². The molecule has 148 valence electrons. The van der Waals surface area contributed by atoms with Crippen molar-refractivity contribution in [1.82, 2.24) is 9.62 Å². The van der Waals surface area contributed by atoms with Crippen LogP contribution in [-0.2, 0) is 22.0 Å². The Labute approximate surface area is 158 Å². The van der Waals surface area contributed by atoms with Crippen LogP contribution in [0.15, 0.2) is 24.3 Å². The van der Waals surface area contributed by atoms with Crippen molar-refractivity contribution < 1.29 is 21.6 Å². The molecule has 0 saturated carbocycles. The number of rotatable bonds is 4. The highest BCUT2D eigenvalue weighted by atomic mass is 35.5. The molecule has 2 heterocycles. The average molecular weight is 413 g/mol. The summed E-state index contributed by atoms with van der Waals surface area (Å²) in [6.07, 6.45) is -0.753. The zero-order valence-corrected chi connectivity index (χ0v) is 16.0. The molecule has 2 aliphatic rings. The number of benzene rings is 1. The zero-order chi connectivity index (χ0) is 18.1. The summed E-state index contributed by atoms with van der Waals surface area (Å²) in [5, 5.41) is 3.45. The summed E-state index contributed by atoms with van der Waals surface area (Å²) in [7, 11) is -3.75. The maximum atomic E-state index is 13.1. The molecule has 9 heteroatoms. The smallest absolute Gasteiger partial charge is 0.314 e. The van der Waals surface area contributed by atoms with E-state index in [0.717, 1.165) is 38.3 Å². The Morgan fingerprint density at radius 2 is 1.77 bits per heavy atom. The molecule has 2 aliphatic heterocycles.